The van der Waals surface area contributed by atoms with Gasteiger partial charge in [0.1, 0.15) is 0 Å². The van der Waals surface area contributed by atoms with Crippen molar-refractivity contribution in [3.63, 3.8) is 0 Å². The molecule has 0 fully saturated rings. The quantitative estimate of drug-likeness (QED) is 0.665. The van der Waals surface area contributed by atoms with Gasteiger partial charge in [-0.25, -0.2) is 0 Å². The van der Waals surface area contributed by atoms with E-state index < -0.39 is 11.7 Å². The molecule has 5 heteroatoms. The zero-order valence-corrected chi connectivity index (χ0v) is 7.91. The maximum atomic E-state index is 12.3. The minimum atomic E-state index is -4.44. The van der Waals surface area contributed by atoms with Crippen LogP contribution < -0.4 is 0 Å². The predicted octanol–water partition coefficient (Wildman–Crippen LogP) is 3.48. The molecule has 1 aromatic rings. The largest absolute Gasteiger partial charge is 0.416 e. The first-order valence-corrected chi connectivity index (χ1v) is 4.07. The van der Waals surface area contributed by atoms with Crippen LogP contribution in [0.3, 0.4) is 0 Å². The average molecular weight is 223 g/mol. The second-order valence-electron chi connectivity index (χ2n) is 2.76. The van der Waals surface area contributed by atoms with Gasteiger partial charge in [-0.15, -0.1) is 0 Å². The van der Waals surface area contributed by atoms with E-state index >= 15 is 0 Å². The Kier molecular flexibility index (Phi) is 2.85. The molecule has 0 atom stereocenters. The fourth-order valence-corrected chi connectivity index (χ4v) is 1.31. The van der Waals surface area contributed by atoms with Crippen molar-refractivity contribution in [2.24, 2.45) is 0 Å². The third-order valence-corrected chi connectivity index (χ3v) is 2.35. The van der Waals surface area contributed by atoms with Crippen molar-refractivity contribution in [2.45, 2.75) is 13.1 Å². The second kappa shape index (κ2) is 3.61. The highest BCUT2D eigenvalue weighted by atomic mass is 35.5. The summed E-state index contributed by atoms with van der Waals surface area (Å²) in [5.41, 5.74) is -0.867. The summed E-state index contributed by atoms with van der Waals surface area (Å²) in [6.07, 6.45) is -4.01. The van der Waals surface area contributed by atoms with Crippen molar-refractivity contribution >= 4 is 17.9 Å². The maximum Gasteiger partial charge on any atom is 0.416 e. The fourth-order valence-electron chi connectivity index (χ4n) is 1.10. The smallest absolute Gasteiger partial charge is 0.298 e. The van der Waals surface area contributed by atoms with Crippen molar-refractivity contribution in [1.82, 2.24) is 0 Å². The normalized spacial score (nSPS) is 11.5. The van der Waals surface area contributed by atoms with Gasteiger partial charge in [-0.1, -0.05) is 11.6 Å². The third kappa shape index (κ3) is 1.90. The van der Waals surface area contributed by atoms with Gasteiger partial charge in [-0.05, 0) is 24.6 Å². The summed E-state index contributed by atoms with van der Waals surface area (Å²) in [6.45, 7) is 1.23. The van der Waals surface area contributed by atoms with Gasteiger partial charge in [-0.2, -0.15) is 13.2 Å². The lowest BCUT2D eigenvalue weighted by molar-refractivity contribution is -0.138. The predicted molar refractivity (Wildman–Crippen MR) is 46.6 cm³/mol. The van der Waals surface area contributed by atoms with Crippen LogP contribution in [0.2, 0.25) is 5.02 Å². The Balaban J connectivity index is 3.38. The minimum Gasteiger partial charge on any atom is -0.298 e. The Hall–Kier alpha value is -1.03. The van der Waals surface area contributed by atoms with Gasteiger partial charge in [0.05, 0.1) is 10.6 Å². The second-order valence-corrected chi connectivity index (χ2v) is 3.13. The van der Waals surface area contributed by atoms with Crippen molar-refractivity contribution < 1.29 is 18.0 Å². The van der Waals surface area contributed by atoms with Gasteiger partial charge in [-0.3, -0.25) is 4.79 Å². The average Bonchev–Trinajstić information content (AvgIpc) is 2.07. The van der Waals surface area contributed by atoms with Crippen molar-refractivity contribution in [3.05, 3.63) is 33.8 Å². The SMILES string of the molecule is Cc1c(C(F)(F)F)ccc(C=O)c1Cl. The fraction of sp³-hybridized carbons (Fsp3) is 0.222. The van der Waals surface area contributed by atoms with Gasteiger partial charge >= 0.3 is 6.18 Å². The molecular formula is C9H6ClF3O. The van der Waals surface area contributed by atoms with Crippen LogP contribution in [0.5, 0.6) is 0 Å². The first-order valence-electron chi connectivity index (χ1n) is 3.69. The van der Waals surface area contributed by atoms with Crippen LogP contribution in [0.25, 0.3) is 0 Å². The molecule has 0 spiro atoms. The molecule has 0 aliphatic rings. The molecule has 0 aliphatic carbocycles. The Morgan fingerprint density at radius 2 is 1.93 bits per heavy atom. The Morgan fingerprint density at radius 3 is 2.36 bits per heavy atom. The number of rotatable bonds is 1. The first-order chi connectivity index (χ1) is 6.38. The lowest BCUT2D eigenvalue weighted by Gasteiger charge is -2.11. The van der Waals surface area contributed by atoms with Gasteiger partial charge in [0, 0.05) is 5.56 Å². The number of carbonyl (C=O) groups is 1. The monoisotopic (exact) mass is 222 g/mol. The summed E-state index contributed by atoms with van der Waals surface area (Å²) in [7, 11) is 0. The molecule has 1 nitrogen and oxygen atoms in total. The topological polar surface area (TPSA) is 17.1 Å². The molecule has 0 aliphatic heterocycles. The van der Waals surface area contributed by atoms with Crippen LogP contribution in [0, 0.1) is 6.92 Å². The van der Waals surface area contributed by atoms with E-state index in [1.54, 1.807) is 0 Å². The number of alkyl halides is 3. The lowest BCUT2D eigenvalue weighted by atomic mass is 10.1. The van der Waals surface area contributed by atoms with Crippen LogP contribution in [0.15, 0.2) is 12.1 Å². The molecule has 1 aromatic carbocycles. The van der Waals surface area contributed by atoms with Crippen LogP contribution in [0.1, 0.15) is 21.5 Å². The molecule has 76 valence electrons. The molecule has 0 unspecified atom stereocenters. The summed E-state index contributed by atoms with van der Waals surface area (Å²) >= 11 is 5.57. The zero-order valence-electron chi connectivity index (χ0n) is 7.15. The van der Waals surface area contributed by atoms with Crippen molar-refractivity contribution in [3.8, 4) is 0 Å². The Bertz CT molecular complexity index is 371. The highest BCUT2D eigenvalue weighted by molar-refractivity contribution is 6.33. The number of aldehydes is 1. The molecule has 0 bridgehead atoms. The van der Waals surface area contributed by atoms with Crippen LogP contribution in [-0.2, 0) is 6.18 Å². The van der Waals surface area contributed by atoms with Gasteiger partial charge < -0.3 is 0 Å². The van der Waals surface area contributed by atoms with E-state index in [1.165, 1.54) is 6.92 Å². The maximum absolute atomic E-state index is 12.3. The summed E-state index contributed by atoms with van der Waals surface area (Å²) in [5.74, 6) is 0. The van der Waals surface area contributed by atoms with E-state index in [1.807, 2.05) is 0 Å². The van der Waals surface area contributed by atoms with E-state index in [0.717, 1.165) is 12.1 Å². The summed E-state index contributed by atoms with van der Waals surface area (Å²) < 4.78 is 37.0. The van der Waals surface area contributed by atoms with E-state index in [2.05, 4.69) is 0 Å². The number of halogens is 4. The van der Waals surface area contributed by atoms with Crippen molar-refractivity contribution in [2.75, 3.05) is 0 Å². The van der Waals surface area contributed by atoms with Crippen LogP contribution >= 0.6 is 11.6 Å². The molecule has 1 rings (SSSR count). The van der Waals surface area contributed by atoms with E-state index in [-0.39, 0.29) is 16.1 Å². The molecule has 0 saturated heterocycles. The number of hydrogen-bond donors (Lipinski definition) is 0. The molecule has 0 saturated carbocycles. The zero-order chi connectivity index (χ0) is 10.9. The summed E-state index contributed by atoms with van der Waals surface area (Å²) in [6, 6.07) is 1.91. The first kappa shape index (κ1) is 11.0. The third-order valence-electron chi connectivity index (χ3n) is 1.85. The van der Waals surface area contributed by atoms with Crippen LogP contribution in [-0.4, -0.2) is 6.29 Å². The lowest BCUT2D eigenvalue weighted by Crippen LogP contribution is -2.08. The molecule has 0 N–H and O–H groups in total. The highest BCUT2D eigenvalue weighted by Gasteiger charge is 2.33. The Morgan fingerprint density at radius 1 is 1.36 bits per heavy atom. The van der Waals surface area contributed by atoms with E-state index in [4.69, 9.17) is 11.6 Å². The molecule has 0 amide bonds. The minimum absolute atomic E-state index is 0.0668. The number of carbonyl (C=O) groups excluding carboxylic acids is 1. The number of hydrogen-bond acceptors (Lipinski definition) is 1. The molecule has 14 heavy (non-hydrogen) atoms. The van der Waals surface area contributed by atoms with Gasteiger partial charge in [0.25, 0.3) is 0 Å². The Labute approximate surface area is 83.5 Å². The van der Waals surface area contributed by atoms with E-state index in [9.17, 15) is 18.0 Å². The highest BCUT2D eigenvalue weighted by Crippen LogP contribution is 2.35. The van der Waals surface area contributed by atoms with Crippen molar-refractivity contribution in [1.29, 1.82) is 0 Å². The molecule has 0 radical (unpaired) electrons. The molecular weight excluding hydrogens is 217 g/mol. The molecule has 0 heterocycles. The number of benzene rings is 1. The summed E-state index contributed by atoms with van der Waals surface area (Å²) in [5, 5.41) is -0.144. The standard InChI is InChI=1S/C9H6ClF3O/c1-5-7(9(11,12)13)3-2-6(4-14)8(5)10/h2-4H,1H3. The summed E-state index contributed by atoms with van der Waals surface area (Å²) in [4.78, 5) is 10.4. The van der Waals surface area contributed by atoms with Crippen LogP contribution in [0.4, 0.5) is 13.2 Å². The van der Waals surface area contributed by atoms with E-state index in [0.29, 0.717) is 6.29 Å². The van der Waals surface area contributed by atoms with Gasteiger partial charge in [0.15, 0.2) is 6.29 Å². The van der Waals surface area contributed by atoms with Gasteiger partial charge in [0.2, 0.25) is 0 Å². The molecule has 0 aromatic heterocycles.